The first kappa shape index (κ1) is 12.2. The smallest absolute Gasteiger partial charge is 0.335 e. The van der Waals surface area contributed by atoms with Crippen LogP contribution < -0.4 is 5.32 Å². The Labute approximate surface area is 111 Å². The van der Waals surface area contributed by atoms with Gasteiger partial charge in [-0.3, -0.25) is 0 Å². The van der Waals surface area contributed by atoms with Gasteiger partial charge >= 0.3 is 5.97 Å². The van der Waals surface area contributed by atoms with Crippen LogP contribution in [0.15, 0.2) is 22.6 Å². The average molecular weight is 259 g/mol. The minimum absolute atomic E-state index is 0.0630. The number of carboxylic acids is 1. The third-order valence-corrected chi connectivity index (χ3v) is 4.30. The molecule has 1 heterocycles. The highest BCUT2D eigenvalue weighted by molar-refractivity contribution is 5.94. The number of carboxylic acid groups (broad SMARTS) is 1. The lowest BCUT2D eigenvalue weighted by Crippen LogP contribution is -2.46. The van der Waals surface area contributed by atoms with Crippen molar-refractivity contribution in [1.82, 2.24) is 5.32 Å². The largest absolute Gasteiger partial charge is 0.478 e. The fraction of sp³-hybridized carbons (Fsp3) is 0.400. The van der Waals surface area contributed by atoms with Crippen molar-refractivity contribution in [3.8, 4) is 0 Å². The van der Waals surface area contributed by atoms with Crippen LogP contribution in [-0.2, 0) is 5.54 Å². The van der Waals surface area contributed by atoms with Gasteiger partial charge in [0.05, 0.1) is 11.1 Å². The number of benzene rings is 1. The molecule has 0 spiro atoms. The van der Waals surface area contributed by atoms with Crippen LogP contribution in [0.5, 0.6) is 0 Å². The van der Waals surface area contributed by atoms with Crippen molar-refractivity contribution < 1.29 is 14.3 Å². The van der Waals surface area contributed by atoms with E-state index in [1.54, 1.807) is 18.2 Å². The van der Waals surface area contributed by atoms with Crippen LogP contribution in [0, 0.1) is 6.92 Å². The summed E-state index contributed by atoms with van der Waals surface area (Å²) in [5.74, 6) is 0.0508. The van der Waals surface area contributed by atoms with Crippen LogP contribution in [0.25, 0.3) is 11.0 Å². The normalized spacial score (nSPS) is 17.4. The Balaban J connectivity index is 2.18. The molecule has 1 fully saturated rings. The molecule has 0 bridgehead atoms. The third kappa shape index (κ3) is 1.67. The molecule has 1 aromatic carbocycles. The van der Waals surface area contributed by atoms with Crippen molar-refractivity contribution in [3.63, 3.8) is 0 Å². The number of furan rings is 1. The summed E-state index contributed by atoms with van der Waals surface area (Å²) in [6, 6.07) is 5.03. The van der Waals surface area contributed by atoms with Gasteiger partial charge in [-0.15, -0.1) is 0 Å². The van der Waals surface area contributed by atoms with Gasteiger partial charge in [-0.05, 0) is 51.4 Å². The van der Waals surface area contributed by atoms with E-state index in [-0.39, 0.29) is 5.54 Å². The van der Waals surface area contributed by atoms with Gasteiger partial charge in [-0.25, -0.2) is 4.79 Å². The average Bonchev–Trinajstić information content (AvgIpc) is 2.67. The van der Waals surface area contributed by atoms with Gasteiger partial charge < -0.3 is 14.8 Å². The second-order valence-electron chi connectivity index (χ2n) is 5.26. The van der Waals surface area contributed by atoms with Crippen LogP contribution >= 0.6 is 0 Å². The third-order valence-electron chi connectivity index (χ3n) is 4.30. The Morgan fingerprint density at radius 1 is 1.42 bits per heavy atom. The minimum Gasteiger partial charge on any atom is -0.478 e. The van der Waals surface area contributed by atoms with Gasteiger partial charge in [0.2, 0.25) is 0 Å². The predicted octanol–water partition coefficient (Wildman–Crippen LogP) is 3.04. The molecule has 3 rings (SSSR count). The van der Waals surface area contributed by atoms with Gasteiger partial charge in [0.15, 0.2) is 0 Å². The van der Waals surface area contributed by atoms with Crippen molar-refractivity contribution in [1.29, 1.82) is 0 Å². The van der Waals surface area contributed by atoms with Gasteiger partial charge in [-0.1, -0.05) is 0 Å². The number of nitrogens with one attached hydrogen (secondary N) is 1. The molecule has 0 radical (unpaired) electrons. The Bertz CT molecular complexity index is 647. The maximum atomic E-state index is 11.0. The maximum absolute atomic E-state index is 11.0. The molecule has 0 unspecified atom stereocenters. The predicted molar refractivity (Wildman–Crippen MR) is 72.5 cm³/mol. The molecule has 4 nitrogen and oxygen atoms in total. The summed E-state index contributed by atoms with van der Waals surface area (Å²) in [6.45, 7) is 2.00. The minimum atomic E-state index is -0.906. The molecule has 4 heteroatoms. The molecule has 100 valence electrons. The van der Waals surface area contributed by atoms with E-state index in [0.29, 0.717) is 5.56 Å². The highest BCUT2D eigenvalue weighted by Crippen LogP contribution is 2.45. The number of hydrogen-bond donors (Lipinski definition) is 2. The lowest BCUT2D eigenvalue weighted by Gasteiger charge is -2.40. The molecule has 2 N–H and O–H groups in total. The van der Waals surface area contributed by atoms with E-state index in [0.717, 1.165) is 35.1 Å². The number of carbonyl (C=O) groups is 1. The van der Waals surface area contributed by atoms with E-state index in [1.807, 2.05) is 14.0 Å². The van der Waals surface area contributed by atoms with E-state index >= 15 is 0 Å². The maximum Gasteiger partial charge on any atom is 0.335 e. The molecule has 1 aliphatic rings. The molecular formula is C15H17NO3. The van der Waals surface area contributed by atoms with Gasteiger partial charge in [0.25, 0.3) is 0 Å². The van der Waals surface area contributed by atoms with Crippen molar-refractivity contribution in [3.05, 3.63) is 35.1 Å². The Kier molecular flexibility index (Phi) is 2.64. The standard InChI is InChI=1S/C15H17NO3/c1-9-11-8-10(14(17)18)4-5-12(11)19-13(9)15(16-2)6-3-7-15/h4-5,8,16H,3,6-7H2,1-2H3,(H,17,18). The number of aryl methyl sites for hydroxylation is 1. The zero-order chi connectivity index (χ0) is 13.6. The Morgan fingerprint density at radius 2 is 2.16 bits per heavy atom. The van der Waals surface area contributed by atoms with E-state index in [4.69, 9.17) is 9.52 Å². The van der Waals surface area contributed by atoms with Crippen LogP contribution in [0.2, 0.25) is 0 Å². The lowest BCUT2D eigenvalue weighted by molar-refractivity contribution is 0.0697. The molecule has 0 amide bonds. The monoisotopic (exact) mass is 259 g/mol. The van der Waals surface area contributed by atoms with Gasteiger partial charge in [0.1, 0.15) is 11.3 Å². The van der Waals surface area contributed by atoms with Crippen molar-refractivity contribution in [2.24, 2.45) is 0 Å². The van der Waals surface area contributed by atoms with Gasteiger partial charge in [0, 0.05) is 10.9 Å². The topological polar surface area (TPSA) is 62.5 Å². The number of aromatic carboxylic acids is 1. The van der Waals surface area contributed by atoms with Crippen molar-refractivity contribution in [2.45, 2.75) is 31.7 Å². The SMILES string of the molecule is CNC1(c2oc3ccc(C(=O)O)cc3c2C)CCC1. The van der Waals surface area contributed by atoms with Crippen LogP contribution in [0.1, 0.15) is 40.9 Å². The highest BCUT2D eigenvalue weighted by atomic mass is 16.4. The van der Waals surface area contributed by atoms with Gasteiger partial charge in [-0.2, -0.15) is 0 Å². The molecule has 0 saturated heterocycles. The molecule has 1 aromatic heterocycles. The second kappa shape index (κ2) is 4.10. The van der Waals surface area contributed by atoms with E-state index in [2.05, 4.69) is 5.32 Å². The summed E-state index contributed by atoms with van der Waals surface area (Å²) in [7, 11) is 1.95. The van der Waals surface area contributed by atoms with E-state index < -0.39 is 5.97 Å². The zero-order valence-electron chi connectivity index (χ0n) is 11.1. The number of fused-ring (bicyclic) bond motifs is 1. The first-order valence-corrected chi connectivity index (χ1v) is 6.53. The molecule has 0 aliphatic heterocycles. The first-order valence-electron chi connectivity index (χ1n) is 6.53. The number of rotatable bonds is 3. The summed E-state index contributed by atoms with van der Waals surface area (Å²) in [5, 5.41) is 13.3. The fourth-order valence-corrected chi connectivity index (χ4v) is 2.93. The Morgan fingerprint density at radius 3 is 2.68 bits per heavy atom. The highest BCUT2D eigenvalue weighted by Gasteiger charge is 2.41. The summed E-state index contributed by atoms with van der Waals surface area (Å²) in [4.78, 5) is 11.0. The zero-order valence-corrected chi connectivity index (χ0v) is 11.1. The first-order chi connectivity index (χ1) is 9.07. The van der Waals surface area contributed by atoms with E-state index in [1.165, 1.54) is 6.42 Å². The molecule has 1 aliphatic carbocycles. The number of hydrogen-bond acceptors (Lipinski definition) is 3. The van der Waals surface area contributed by atoms with E-state index in [9.17, 15) is 4.79 Å². The summed E-state index contributed by atoms with van der Waals surface area (Å²) >= 11 is 0. The lowest BCUT2D eigenvalue weighted by atomic mass is 9.74. The summed E-state index contributed by atoms with van der Waals surface area (Å²) in [6.07, 6.45) is 3.32. The summed E-state index contributed by atoms with van der Waals surface area (Å²) in [5.41, 5.74) is 2.05. The Hall–Kier alpha value is -1.81. The quantitative estimate of drug-likeness (QED) is 0.889. The van der Waals surface area contributed by atoms with Crippen LogP contribution in [0.4, 0.5) is 0 Å². The second-order valence-corrected chi connectivity index (χ2v) is 5.26. The fourth-order valence-electron chi connectivity index (χ4n) is 2.93. The van der Waals surface area contributed by atoms with Crippen molar-refractivity contribution >= 4 is 16.9 Å². The molecule has 1 saturated carbocycles. The van der Waals surface area contributed by atoms with Crippen molar-refractivity contribution in [2.75, 3.05) is 7.05 Å². The summed E-state index contributed by atoms with van der Waals surface area (Å²) < 4.78 is 5.98. The molecule has 19 heavy (non-hydrogen) atoms. The van der Waals surface area contributed by atoms with Crippen LogP contribution in [0.3, 0.4) is 0 Å². The van der Waals surface area contributed by atoms with Crippen LogP contribution in [-0.4, -0.2) is 18.1 Å². The molecular weight excluding hydrogens is 242 g/mol. The molecule has 2 aromatic rings. The molecule has 0 atom stereocenters.